The van der Waals surface area contributed by atoms with Gasteiger partial charge in [-0.2, -0.15) is 4.72 Å². The number of rotatable bonds is 9. The Morgan fingerprint density at radius 1 is 1.30 bits per heavy atom. The van der Waals surface area contributed by atoms with Gasteiger partial charge in [-0.25, -0.2) is 8.42 Å². The Balaban J connectivity index is 2.68. The van der Waals surface area contributed by atoms with E-state index in [4.69, 9.17) is 9.84 Å². The molecule has 0 aliphatic rings. The number of methoxy groups -OCH3 is 1. The smallest absolute Gasteiger partial charge is 0.326 e. The van der Waals surface area contributed by atoms with E-state index in [1.54, 1.807) is 37.4 Å². The van der Waals surface area contributed by atoms with Crippen molar-refractivity contribution < 1.29 is 23.1 Å². The summed E-state index contributed by atoms with van der Waals surface area (Å²) in [5, 5.41) is 9.15. The number of ether oxygens (including phenoxy) is 1. The first kappa shape index (κ1) is 16.6. The van der Waals surface area contributed by atoms with Gasteiger partial charge in [0.05, 0.1) is 5.75 Å². The Hall–Kier alpha value is -1.44. The van der Waals surface area contributed by atoms with Gasteiger partial charge in [-0.15, -0.1) is 0 Å². The van der Waals surface area contributed by atoms with Gasteiger partial charge in [0.25, 0.3) is 0 Å². The van der Waals surface area contributed by atoms with Crippen molar-refractivity contribution in [1.29, 1.82) is 0 Å². The monoisotopic (exact) mass is 301 g/mol. The SMILES string of the molecule is COCCCCS(=O)(=O)N[C@H](C(=O)O)c1ccccc1. The molecule has 0 fully saturated rings. The summed E-state index contributed by atoms with van der Waals surface area (Å²) in [6.45, 7) is 0.483. The zero-order valence-electron chi connectivity index (χ0n) is 11.3. The molecule has 0 aliphatic carbocycles. The fourth-order valence-corrected chi connectivity index (χ4v) is 2.98. The summed E-state index contributed by atoms with van der Waals surface area (Å²) in [6.07, 6.45) is 1.03. The lowest BCUT2D eigenvalue weighted by molar-refractivity contribution is -0.139. The number of hydrogen-bond donors (Lipinski definition) is 2. The molecule has 6 nitrogen and oxygen atoms in total. The van der Waals surface area contributed by atoms with Crippen LogP contribution in [0.3, 0.4) is 0 Å². The van der Waals surface area contributed by atoms with Crippen molar-refractivity contribution in [2.24, 2.45) is 0 Å². The Labute approximate surface area is 118 Å². The molecular formula is C13H19NO5S. The topological polar surface area (TPSA) is 92.7 Å². The molecule has 0 saturated heterocycles. The van der Waals surface area contributed by atoms with Crippen molar-refractivity contribution in [3.05, 3.63) is 35.9 Å². The molecule has 0 aliphatic heterocycles. The third kappa shape index (κ3) is 5.68. The Bertz CT molecular complexity index is 515. The minimum absolute atomic E-state index is 0.118. The van der Waals surface area contributed by atoms with E-state index in [1.165, 1.54) is 0 Å². The molecule has 2 N–H and O–H groups in total. The molecule has 0 heterocycles. The Morgan fingerprint density at radius 3 is 2.50 bits per heavy atom. The lowest BCUT2D eigenvalue weighted by Crippen LogP contribution is -2.35. The van der Waals surface area contributed by atoms with Gasteiger partial charge >= 0.3 is 5.97 Å². The molecule has 0 aromatic heterocycles. The van der Waals surface area contributed by atoms with Crippen LogP contribution < -0.4 is 4.72 Å². The summed E-state index contributed by atoms with van der Waals surface area (Å²) in [5.74, 6) is -1.34. The summed E-state index contributed by atoms with van der Waals surface area (Å²) < 4.78 is 30.8. The van der Waals surface area contributed by atoms with Crippen molar-refractivity contribution >= 4 is 16.0 Å². The summed E-state index contributed by atoms with van der Waals surface area (Å²) >= 11 is 0. The number of benzene rings is 1. The number of aliphatic carboxylic acids is 1. The standard InChI is InChI=1S/C13H19NO5S/c1-19-9-5-6-10-20(17,18)14-12(13(15)16)11-7-3-2-4-8-11/h2-4,7-8,12,14H,5-6,9-10H2,1H3,(H,15,16)/t12-/m0/s1. The van der Waals surface area contributed by atoms with Crippen LogP contribution in [0.2, 0.25) is 0 Å². The molecule has 0 saturated carbocycles. The maximum absolute atomic E-state index is 11.9. The van der Waals surface area contributed by atoms with Gasteiger partial charge in [0.2, 0.25) is 10.0 Å². The summed E-state index contributed by atoms with van der Waals surface area (Å²) in [6, 6.07) is 6.96. The van der Waals surface area contributed by atoms with Crippen molar-refractivity contribution in [3.63, 3.8) is 0 Å². The molecule has 0 amide bonds. The van der Waals surface area contributed by atoms with Crippen LogP contribution in [0.15, 0.2) is 30.3 Å². The van der Waals surface area contributed by atoms with Crippen molar-refractivity contribution in [3.8, 4) is 0 Å². The minimum atomic E-state index is -3.64. The zero-order valence-corrected chi connectivity index (χ0v) is 12.1. The number of hydrogen-bond acceptors (Lipinski definition) is 4. The molecule has 0 bridgehead atoms. The lowest BCUT2D eigenvalue weighted by atomic mass is 10.1. The van der Waals surface area contributed by atoms with Gasteiger partial charge in [-0.3, -0.25) is 4.79 Å². The average molecular weight is 301 g/mol. The van der Waals surface area contributed by atoms with E-state index in [0.717, 1.165) is 0 Å². The molecule has 1 aromatic rings. The second kappa shape index (κ2) is 7.98. The molecule has 0 unspecified atom stereocenters. The van der Waals surface area contributed by atoms with Gasteiger partial charge in [0.15, 0.2) is 0 Å². The maximum Gasteiger partial charge on any atom is 0.326 e. The number of carboxylic acids is 1. The van der Waals surface area contributed by atoms with E-state index in [1.807, 2.05) is 0 Å². The van der Waals surface area contributed by atoms with Crippen LogP contribution in [0, 0.1) is 0 Å². The highest BCUT2D eigenvalue weighted by Gasteiger charge is 2.25. The summed E-state index contributed by atoms with van der Waals surface area (Å²) in [7, 11) is -2.10. The highest BCUT2D eigenvalue weighted by molar-refractivity contribution is 7.89. The predicted molar refractivity (Wildman–Crippen MR) is 74.9 cm³/mol. The van der Waals surface area contributed by atoms with Crippen LogP contribution in [0.25, 0.3) is 0 Å². The minimum Gasteiger partial charge on any atom is -0.480 e. The van der Waals surface area contributed by atoms with Gasteiger partial charge in [-0.1, -0.05) is 30.3 Å². The maximum atomic E-state index is 11.9. The van der Waals surface area contributed by atoms with Crippen molar-refractivity contribution in [2.75, 3.05) is 19.5 Å². The summed E-state index contributed by atoms with van der Waals surface area (Å²) in [5.41, 5.74) is 0.403. The van der Waals surface area contributed by atoms with Crippen LogP contribution >= 0.6 is 0 Å². The second-order valence-corrected chi connectivity index (χ2v) is 6.19. The third-order valence-electron chi connectivity index (χ3n) is 2.69. The van der Waals surface area contributed by atoms with Crippen LogP contribution in [0.5, 0.6) is 0 Å². The van der Waals surface area contributed by atoms with E-state index < -0.39 is 22.0 Å². The molecule has 0 radical (unpaired) electrons. The van der Waals surface area contributed by atoms with E-state index >= 15 is 0 Å². The van der Waals surface area contributed by atoms with Gasteiger partial charge in [-0.05, 0) is 18.4 Å². The molecule has 1 rings (SSSR count). The number of sulfonamides is 1. The zero-order chi connectivity index (χ0) is 15.0. The highest BCUT2D eigenvalue weighted by Crippen LogP contribution is 2.14. The summed E-state index contributed by atoms with van der Waals surface area (Å²) in [4.78, 5) is 11.2. The molecule has 20 heavy (non-hydrogen) atoms. The first-order valence-electron chi connectivity index (χ1n) is 6.23. The molecule has 112 valence electrons. The van der Waals surface area contributed by atoms with Gasteiger partial charge < -0.3 is 9.84 Å². The fraction of sp³-hybridized carbons (Fsp3) is 0.462. The normalized spacial score (nSPS) is 13.1. The van der Waals surface area contributed by atoms with Crippen LogP contribution in [0.4, 0.5) is 0 Å². The lowest BCUT2D eigenvalue weighted by Gasteiger charge is -2.15. The molecule has 1 atom stereocenters. The number of carboxylic acid groups (broad SMARTS) is 1. The highest BCUT2D eigenvalue weighted by atomic mass is 32.2. The van der Waals surface area contributed by atoms with Crippen molar-refractivity contribution in [2.45, 2.75) is 18.9 Å². The van der Waals surface area contributed by atoms with Gasteiger partial charge in [0, 0.05) is 13.7 Å². The van der Waals surface area contributed by atoms with Crippen LogP contribution in [0.1, 0.15) is 24.4 Å². The Morgan fingerprint density at radius 2 is 1.95 bits per heavy atom. The number of unbranched alkanes of at least 4 members (excludes halogenated alkanes) is 1. The molecular weight excluding hydrogens is 282 g/mol. The van der Waals surface area contributed by atoms with Gasteiger partial charge in [0.1, 0.15) is 6.04 Å². The number of nitrogens with one attached hydrogen (secondary N) is 1. The number of carbonyl (C=O) groups is 1. The first-order valence-corrected chi connectivity index (χ1v) is 7.88. The third-order valence-corrected chi connectivity index (χ3v) is 4.11. The quantitative estimate of drug-likeness (QED) is 0.668. The molecule has 0 spiro atoms. The van der Waals surface area contributed by atoms with E-state index in [9.17, 15) is 13.2 Å². The Kier molecular flexibility index (Phi) is 6.63. The first-order chi connectivity index (χ1) is 9.46. The average Bonchev–Trinajstić information content (AvgIpc) is 2.42. The van der Waals surface area contributed by atoms with E-state index in [2.05, 4.69) is 4.72 Å². The second-order valence-electron chi connectivity index (χ2n) is 4.32. The van der Waals surface area contributed by atoms with Crippen LogP contribution in [-0.4, -0.2) is 39.0 Å². The van der Waals surface area contributed by atoms with E-state index in [0.29, 0.717) is 25.0 Å². The fourth-order valence-electron chi connectivity index (χ4n) is 1.68. The largest absolute Gasteiger partial charge is 0.480 e. The molecule has 1 aromatic carbocycles. The van der Waals surface area contributed by atoms with Crippen LogP contribution in [-0.2, 0) is 19.6 Å². The molecule has 7 heteroatoms. The van der Waals surface area contributed by atoms with E-state index in [-0.39, 0.29) is 5.75 Å². The van der Waals surface area contributed by atoms with Crippen molar-refractivity contribution in [1.82, 2.24) is 4.72 Å². The predicted octanol–water partition coefficient (Wildman–Crippen LogP) is 1.16.